The molecule has 0 heterocycles. The number of benzene rings is 2. The van der Waals surface area contributed by atoms with Crippen molar-refractivity contribution in [2.75, 3.05) is 18.4 Å². The molecular weight excluding hydrogens is 294 g/mol. The number of nitro groups is 1. The molecule has 0 radical (unpaired) electrons. The maximum absolute atomic E-state index is 11.0. The molecule has 0 unspecified atom stereocenters. The van der Waals surface area contributed by atoms with Crippen LogP contribution >= 0.6 is 11.6 Å². The van der Waals surface area contributed by atoms with Crippen LogP contribution in [0.15, 0.2) is 42.5 Å². The van der Waals surface area contributed by atoms with Gasteiger partial charge >= 0.3 is 0 Å². The van der Waals surface area contributed by atoms with Gasteiger partial charge in [-0.15, -0.1) is 0 Å². The van der Waals surface area contributed by atoms with Crippen molar-refractivity contribution in [1.29, 1.82) is 0 Å². The molecule has 0 aliphatic carbocycles. The minimum atomic E-state index is -0.503. The van der Waals surface area contributed by atoms with E-state index in [0.29, 0.717) is 30.3 Å². The van der Waals surface area contributed by atoms with Crippen LogP contribution in [0, 0.1) is 10.1 Å². The fourth-order valence-corrected chi connectivity index (χ4v) is 1.93. The van der Waals surface area contributed by atoms with Gasteiger partial charge in [-0.05, 0) is 12.1 Å². The smallest absolute Gasteiger partial charge is 0.294 e. The van der Waals surface area contributed by atoms with Crippen molar-refractivity contribution in [1.82, 2.24) is 0 Å². The van der Waals surface area contributed by atoms with Crippen LogP contribution in [0.4, 0.5) is 11.4 Å². The number of para-hydroxylation sites is 1. The number of nitrogens with two attached hydrogens (primary N) is 1. The molecule has 7 heteroatoms. The van der Waals surface area contributed by atoms with E-state index in [2.05, 4.69) is 5.32 Å². The number of nitrogens with one attached hydrogen (secondary N) is 1. The van der Waals surface area contributed by atoms with Gasteiger partial charge in [-0.3, -0.25) is 10.1 Å². The predicted octanol–water partition coefficient (Wildman–Crippen LogP) is 3.41. The largest absolute Gasteiger partial charge is 0.456 e. The Morgan fingerprint density at radius 2 is 2.00 bits per heavy atom. The normalized spacial score (nSPS) is 10.2. The first kappa shape index (κ1) is 15.1. The molecule has 2 rings (SSSR count). The third kappa shape index (κ3) is 3.84. The SMILES string of the molecule is NCCNc1cc(Oc2ccccc2)c(Cl)cc1[N+](=O)[O-]. The van der Waals surface area contributed by atoms with Gasteiger partial charge in [-0.2, -0.15) is 0 Å². The van der Waals surface area contributed by atoms with Gasteiger partial charge in [-0.1, -0.05) is 29.8 Å². The summed E-state index contributed by atoms with van der Waals surface area (Å²) in [5, 5.41) is 14.1. The predicted molar refractivity (Wildman–Crippen MR) is 82.2 cm³/mol. The second-order valence-electron chi connectivity index (χ2n) is 4.19. The van der Waals surface area contributed by atoms with Gasteiger partial charge in [0.15, 0.2) is 0 Å². The molecule has 0 saturated heterocycles. The van der Waals surface area contributed by atoms with Crippen molar-refractivity contribution in [3.05, 3.63) is 57.6 Å². The Kier molecular flexibility index (Phi) is 4.97. The second-order valence-corrected chi connectivity index (χ2v) is 4.59. The Hall–Kier alpha value is -2.31. The van der Waals surface area contributed by atoms with Crippen LogP contribution in [0.3, 0.4) is 0 Å². The van der Waals surface area contributed by atoms with Crippen molar-refractivity contribution in [3.63, 3.8) is 0 Å². The van der Waals surface area contributed by atoms with Crippen molar-refractivity contribution in [2.24, 2.45) is 5.73 Å². The number of rotatable bonds is 6. The lowest BCUT2D eigenvalue weighted by molar-refractivity contribution is -0.384. The first-order valence-corrected chi connectivity index (χ1v) is 6.64. The van der Waals surface area contributed by atoms with Crippen LogP contribution < -0.4 is 15.8 Å². The highest BCUT2D eigenvalue weighted by Gasteiger charge is 2.18. The number of halogens is 1. The van der Waals surface area contributed by atoms with E-state index < -0.39 is 4.92 Å². The minimum absolute atomic E-state index is 0.117. The summed E-state index contributed by atoms with van der Waals surface area (Å²) >= 11 is 6.05. The molecule has 110 valence electrons. The van der Waals surface area contributed by atoms with Gasteiger partial charge in [0.1, 0.15) is 17.2 Å². The molecule has 2 aromatic carbocycles. The molecule has 0 amide bonds. The van der Waals surface area contributed by atoms with Gasteiger partial charge in [0.25, 0.3) is 5.69 Å². The molecule has 0 atom stereocenters. The summed E-state index contributed by atoms with van der Waals surface area (Å²) in [6.07, 6.45) is 0. The van der Waals surface area contributed by atoms with E-state index in [9.17, 15) is 10.1 Å². The minimum Gasteiger partial charge on any atom is -0.456 e. The second kappa shape index (κ2) is 6.92. The quantitative estimate of drug-likeness (QED) is 0.630. The molecule has 0 spiro atoms. The van der Waals surface area contributed by atoms with Crippen molar-refractivity contribution < 1.29 is 9.66 Å². The summed E-state index contributed by atoms with van der Waals surface area (Å²) in [5.41, 5.74) is 5.61. The Bertz CT molecular complexity index is 635. The van der Waals surface area contributed by atoms with Crippen LogP contribution in [-0.4, -0.2) is 18.0 Å². The highest BCUT2D eigenvalue weighted by Crippen LogP contribution is 2.37. The van der Waals surface area contributed by atoms with Crippen LogP contribution in [0.1, 0.15) is 0 Å². The number of anilines is 1. The number of nitro benzene ring substituents is 1. The maximum Gasteiger partial charge on any atom is 0.294 e. The summed E-state index contributed by atoms with van der Waals surface area (Å²) in [6, 6.07) is 11.8. The van der Waals surface area contributed by atoms with Gasteiger partial charge < -0.3 is 15.8 Å². The van der Waals surface area contributed by atoms with Crippen LogP contribution in [0.25, 0.3) is 0 Å². The highest BCUT2D eigenvalue weighted by molar-refractivity contribution is 6.32. The van der Waals surface area contributed by atoms with Gasteiger partial charge in [-0.25, -0.2) is 0 Å². The Morgan fingerprint density at radius 3 is 2.62 bits per heavy atom. The topological polar surface area (TPSA) is 90.4 Å². The zero-order chi connectivity index (χ0) is 15.2. The molecule has 6 nitrogen and oxygen atoms in total. The van der Waals surface area contributed by atoms with E-state index in [0.717, 1.165) is 0 Å². The first-order chi connectivity index (χ1) is 10.1. The number of hydrogen-bond acceptors (Lipinski definition) is 5. The van der Waals surface area contributed by atoms with E-state index in [4.69, 9.17) is 22.1 Å². The van der Waals surface area contributed by atoms with Crippen molar-refractivity contribution >= 4 is 23.0 Å². The fraction of sp³-hybridized carbons (Fsp3) is 0.143. The number of nitrogens with zero attached hydrogens (tertiary/aromatic N) is 1. The van der Waals surface area contributed by atoms with E-state index in [1.807, 2.05) is 18.2 Å². The summed E-state index contributed by atoms with van der Waals surface area (Å²) < 4.78 is 5.64. The molecule has 3 N–H and O–H groups in total. The van der Waals surface area contributed by atoms with Crippen molar-refractivity contribution in [3.8, 4) is 11.5 Å². The lowest BCUT2D eigenvalue weighted by atomic mass is 10.2. The van der Waals surface area contributed by atoms with Gasteiger partial charge in [0.2, 0.25) is 0 Å². The van der Waals surface area contributed by atoms with E-state index in [1.54, 1.807) is 12.1 Å². The summed E-state index contributed by atoms with van der Waals surface area (Å²) in [7, 11) is 0. The molecule has 0 fully saturated rings. The van der Waals surface area contributed by atoms with E-state index in [1.165, 1.54) is 12.1 Å². The van der Waals surface area contributed by atoms with Crippen molar-refractivity contribution in [2.45, 2.75) is 0 Å². The highest BCUT2D eigenvalue weighted by atomic mass is 35.5. The lowest BCUT2D eigenvalue weighted by Crippen LogP contribution is -2.14. The lowest BCUT2D eigenvalue weighted by Gasteiger charge is -2.11. The van der Waals surface area contributed by atoms with E-state index in [-0.39, 0.29) is 10.7 Å². The zero-order valence-electron chi connectivity index (χ0n) is 11.1. The average Bonchev–Trinajstić information content (AvgIpc) is 2.48. The zero-order valence-corrected chi connectivity index (χ0v) is 11.8. The molecule has 0 saturated carbocycles. The third-order valence-electron chi connectivity index (χ3n) is 2.68. The average molecular weight is 308 g/mol. The number of ether oxygens (including phenoxy) is 1. The summed E-state index contributed by atoms with van der Waals surface area (Å²) in [5.74, 6) is 0.936. The Labute approximate surface area is 126 Å². The summed E-state index contributed by atoms with van der Waals surface area (Å²) in [4.78, 5) is 10.5. The maximum atomic E-state index is 11.0. The van der Waals surface area contributed by atoms with E-state index >= 15 is 0 Å². The Balaban J connectivity index is 2.35. The van der Waals surface area contributed by atoms with Gasteiger partial charge in [0.05, 0.1) is 9.95 Å². The molecular formula is C14H14ClN3O3. The van der Waals surface area contributed by atoms with Crippen LogP contribution in [0.2, 0.25) is 5.02 Å². The molecule has 21 heavy (non-hydrogen) atoms. The van der Waals surface area contributed by atoms with Crippen LogP contribution in [-0.2, 0) is 0 Å². The summed E-state index contributed by atoms with van der Waals surface area (Å²) in [6.45, 7) is 0.766. The third-order valence-corrected chi connectivity index (χ3v) is 2.97. The van der Waals surface area contributed by atoms with Gasteiger partial charge in [0, 0.05) is 25.2 Å². The molecule has 0 aromatic heterocycles. The molecule has 2 aromatic rings. The number of hydrogen-bond donors (Lipinski definition) is 2. The standard InChI is InChI=1S/C14H14ClN3O3/c15-11-8-13(18(19)20)12(17-7-6-16)9-14(11)21-10-4-2-1-3-5-10/h1-5,8-9,17H,6-7,16H2. The monoisotopic (exact) mass is 307 g/mol. The molecule has 0 aliphatic rings. The first-order valence-electron chi connectivity index (χ1n) is 6.26. The Morgan fingerprint density at radius 1 is 1.29 bits per heavy atom. The fourth-order valence-electron chi connectivity index (χ4n) is 1.74. The molecule has 0 bridgehead atoms. The molecule has 0 aliphatic heterocycles. The van der Waals surface area contributed by atoms with Crippen LogP contribution in [0.5, 0.6) is 11.5 Å².